The molecule has 18 heavy (non-hydrogen) atoms. The van der Waals surface area contributed by atoms with Crippen molar-refractivity contribution < 1.29 is 9.47 Å². The minimum atomic E-state index is -0.632. The van der Waals surface area contributed by atoms with Crippen molar-refractivity contribution in [3.05, 3.63) is 35.4 Å². The second kappa shape index (κ2) is 4.65. The number of rotatable bonds is 2. The fourth-order valence-corrected chi connectivity index (χ4v) is 2.09. The van der Waals surface area contributed by atoms with E-state index < -0.39 is 5.79 Å². The van der Waals surface area contributed by atoms with Gasteiger partial charge in [-0.2, -0.15) is 0 Å². The summed E-state index contributed by atoms with van der Waals surface area (Å²) in [7, 11) is 0. The molecule has 0 aromatic heterocycles. The van der Waals surface area contributed by atoms with Crippen LogP contribution in [0.25, 0.3) is 0 Å². The largest absolute Gasteiger partial charge is 0.346 e. The Hall–Kier alpha value is -0.900. The molecular formula is C15H23NO2. The van der Waals surface area contributed by atoms with E-state index in [-0.39, 0.29) is 11.5 Å². The Balaban J connectivity index is 2.12. The molecule has 100 valence electrons. The van der Waals surface area contributed by atoms with Gasteiger partial charge in [0.2, 0.25) is 0 Å². The topological polar surface area (TPSA) is 44.5 Å². The Morgan fingerprint density at radius 1 is 1.28 bits per heavy atom. The van der Waals surface area contributed by atoms with E-state index in [0.29, 0.717) is 13.2 Å². The molecular weight excluding hydrogens is 226 g/mol. The first-order valence-corrected chi connectivity index (χ1v) is 6.46. The molecule has 2 N–H and O–H groups in total. The van der Waals surface area contributed by atoms with Crippen LogP contribution in [0.5, 0.6) is 0 Å². The van der Waals surface area contributed by atoms with E-state index in [9.17, 15) is 0 Å². The lowest BCUT2D eigenvalue weighted by Crippen LogP contribution is -2.35. The highest BCUT2D eigenvalue weighted by atomic mass is 16.7. The molecule has 2 atom stereocenters. The van der Waals surface area contributed by atoms with Gasteiger partial charge < -0.3 is 15.2 Å². The summed E-state index contributed by atoms with van der Waals surface area (Å²) in [6.07, 6.45) is -0.00688. The number of hydrogen-bond acceptors (Lipinski definition) is 3. The summed E-state index contributed by atoms with van der Waals surface area (Å²) in [5.74, 6) is -0.632. The fourth-order valence-electron chi connectivity index (χ4n) is 2.09. The van der Waals surface area contributed by atoms with Gasteiger partial charge in [0.1, 0.15) is 6.10 Å². The van der Waals surface area contributed by atoms with Crippen LogP contribution in [0.4, 0.5) is 0 Å². The Morgan fingerprint density at radius 2 is 1.89 bits per heavy atom. The molecule has 0 aliphatic carbocycles. The Morgan fingerprint density at radius 3 is 2.33 bits per heavy atom. The molecule has 0 amide bonds. The molecule has 1 aromatic rings. The van der Waals surface area contributed by atoms with Crippen molar-refractivity contribution in [3.8, 4) is 0 Å². The quantitative estimate of drug-likeness (QED) is 0.876. The monoisotopic (exact) mass is 249 g/mol. The maximum atomic E-state index is 5.86. The maximum absolute atomic E-state index is 5.86. The van der Waals surface area contributed by atoms with E-state index in [1.807, 2.05) is 6.92 Å². The van der Waals surface area contributed by atoms with Crippen molar-refractivity contribution >= 4 is 0 Å². The van der Waals surface area contributed by atoms with Crippen LogP contribution < -0.4 is 5.73 Å². The molecule has 2 unspecified atom stereocenters. The van der Waals surface area contributed by atoms with Gasteiger partial charge in [-0.05, 0) is 23.5 Å². The minimum Gasteiger partial charge on any atom is -0.346 e. The zero-order chi connectivity index (χ0) is 13.4. The molecule has 1 aromatic carbocycles. The first-order chi connectivity index (χ1) is 8.34. The van der Waals surface area contributed by atoms with Crippen molar-refractivity contribution in [2.24, 2.45) is 5.73 Å². The Labute approximate surface area is 109 Å². The molecule has 1 aliphatic rings. The molecule has 1 aliphatic heterocycles. The summed E-state index contributed by atoms with van der Waals surface area (Å²) in [6, 6.07) is 8.57. The second-order valence-electron chi connectivity index (χ2n) is 6.13. The number of ether oxygens (including phenoxy) is 2. The predicted octanol–water partition coefficient (Wildman–Crippen LogP) is 2.75. The third-order valence-electron chi connectivity index (χ3n) is 3.45. The Kier molecular flexibility index (Phi) is 3.49. The molecule has 0 bridgehead atoms. The molecule has 1 heterocycles. The second-order valence-corrected chi connectivity index (χ2v) is 6.13. The van der Waals surface area contributed by atoms with Crippen LogP contribution in [0.3, 0.4) is 0 Å². The van der Waals surface area contributed by atoms with Crippen LogP contribution in [0.2, 0.25) is 0 Å². The summed E-state index contributed by atoms with van der Waals surface area (Å²) in [6.45, 7) is 9.47. The van der Waals surface area contributed by atoms with Crippen molar-refractivity contribution in [2.75, 3.05) is 13.2 Å². The molecule has 3 heteroatoms. The molecule has 0 spiro atoms. The first-order valence-electron chi connectivity index (χ1n) is 6.46. The summed E-state index contributed by atoms with van der Waals surface area (Å²) in [4.78, 5) is 0. The zero-order valence-electron chi connectivity index (χ0n) is 11.7. The van der Waals surface area contributed by atoms with Gasteiger partial charge in [-0.15, -0.1) is 0 Å². The molecule has 1 saturated heterocycles. The van der Waals surface area contributed by atoms with Crippen LogP contribution in [-0.4, -0.2) is 18.9 Å². The zero-order valence-corrected chi connectivity index (χ0v) is 11.7. The lowest BCUT2D eigenvalue weighted by molar-refractivity contribution is -0.145. The molecule has 0 saturated carbocycles. The van der Waals surface area contributed by atoms with E-state index in [0.717, 1.165) is 5.56 Å². The van der Waals surface area contributed by atoms with E-state index >= 15 is 0 Å². The van der Waals surface area contributed by atoms with E-state index in [2.05, 4.69) is 45.0 Å². The van der Waals surface area contributed by atoms with Crippen LogP contribution in [-0.2, 0) is 14.9 Å². The summed E-state index contributed by atoms with van der Waals surface area (Å²) in [5.41, 5.74) is 8.30. The van der Waals surface area contributed by atoms with Crippen molar-refractivity contribution in [3.63, 3.8) is 0 Å². The third kappa shape index (κ3) is 2.74. The summed E-state index contributed by atoms with van der Waals surface area (Å²) in [5, 5.41) is 0. The molecule has 0 radical (unpaired) electrons. The highest BCUT2D eigenvalue weighted by Gasteiger charge is 2.36. The number of hydrogen-bond donors (Lipinski definition) is 1. The van der Waals surface area contributed by atoms with Gasteiger partial charge in [0.15, 0.2) is 5.79 Å². The van der Waals surface area contributed by atoms with Gasteiger partial charge in [0.25, 0.3) is 0 Å². The summed E-state index contributed by atoms with van der Waals surface area (Å²) < 4.78 is 11.5. The van der Waals surface area contributed by atoms with Crippen LogP contribution in [0.1, 0.15) is 44.9 Å². The first kappa shape index (κ1) is 13.5. The fraction of sp³-hybridized carbons (Fsp3) is 0.600. The minimum absolute atomic E-state index is 0.00688. The van der Waals surface area contributed by atoms with Crippen LogP contribution in [0.15, 0.2) is 24.3 Å². The van der Waals surface area contributed by atoms with E-state index in [1.54, 1.807) is 0 Å². The lowest BCUT2D eigenvalue weighted by atomic mass is 9.86. The van der Waals surface area contributed by atoms with Crippen molar-refractivity contribution in [1.29, 1.82) is 0 Å². The van der Waals surface area contributed by atoms with Crippen LogP contribution >= 0.6 is 0 Å². The lowest BCUT2D eigenvalue weighted by Gasteiger charge is -2.22. The predicted molar refractivity (Wildman–Crippen MR) is 72.4 cm³/mol. The highest BCUT2D eigenvalue weighted by molar-refractivity contribution is 5.29. The Bertz CT molecular complexity index is 407. The number of nitrogens with two attached hydrogens (primary N) is 1. The van der Waals surface area contributed by atoms with Gasteiger partial charge in [-0.25, -0.2) is 0 Å². The molecule has 1 fully saturated rings. The van der Waals surface area contributed by atoms with Crippen molar-refractivity contribution in [2.45, 2.75) is 45.0 Å². The van der Waals surface area contributed by atoms with Gasteiger partial charge in [0, 0.05) is 6.54 Å². The van der Waals surface area contributed by atoms with Crippen molar-refractivity contribution in [1.82, 2.24) is 0 Å². The van der Waals surface area contributed by atoms with Gasteiger partial charge in [-0.1, -0.05) is 45.0 Å². The SMILES string of the molecule is CC1(CN)OCC(c2ccc(C(C)(C)C)cc2)O1. The van der Waals surface area contributed by atoms with Gasteiger partial charge in [0.05, 0.1) is 6.61 Å². The summed E-state index contributed by atoms with van der Waals surface area (Å²) >= 11 is 0. The average molecular weight is 249 g/mol. The van der Waals surface area contributed by atoms with Gasteiger partial charge in [-0.3, -0.25) is 0 Å². The smallest absolute Gasteiger partial charge is 0.178 e. The maximum Gasteiger partial charge on any atom is 0.178 e. The van der Waals surface area contributed by atoms with Crippen LogP contribution in [0, 0.1) is 0 Å². The highest BCUT2D eigenvalue weighted by Crippen LogP contribution is 2.33. The van der Waals surface area contributed by atoms with E-state index in [1.165, 1.54) is 5.56 Å². The average Bonchev–Trinajstić information content (AvgIpc) is 2.72. The van der Waals surface area contributed by atoms with Gasteiger partial charge >= 0.3 is 0 Å². The normalized spacial score (nSPS) is 28.6. The van der Waals surface area contributed by atoms with E-state index in [4.69, 9.17) is 15.2 Å². The third-order valence-corrected chi connectivity index (χ3v) is 3.45. The molecule has 3 nitrogen and oxygen atoms in total. The molecule has 2 rings (SSSR count). The number of benzene rings is 1. The standard InChI is InChI=1S/C15H23NO2/c1-14(2,3)12-7-5-11(6-8-12)13-9-17-15(4,10-16)18-13/h5-8,13H,9-10,16H2,1-4H3.